The van der Waals surface area contributed by atoms with Gasteiger partial charge in [0.15, 0.2) is 0 Å². The topological polar surface area (TPSA) is 181 Å². The predicted octanol–water partition coefficient (Wildman–Crippen LogP) is 2.25. The number of nitrogens with zero attached hydrogens (tertiary/aromatic N) is 2. The first-order valence-electron chi connectivity index (χ1n) is 12.8. The lowest BCUT2D eigenvalue weighted by molar-refractivity contribution is -0.140. The Morgan fingerprint density at radius 1 is 1.00 bits per heavy atom. The van der Waals surface area contributed by atoms with Crippen molar-refractivity contribution in [3.63, 3.8) is 0 Å². The second-order valence-electron chi connectivity index (χ2n) is 9.13. The molecule has 4 amide bonds. The lowest BCUT2D eigenvalue weighted by atomic mass is 10.1. The van der Waals surface area contributed by atoms with Gasteiger partial charge in [0, 0.05) is 11.9 Å². The lowest BCUT2D eigenvalue weighted by Crippen LogP contribution is -2.53. The van der Waals surface area contributed by atoms with Gasteiger partial charge in [-0.25, -0.2) is 4.79 Å². The molecule has 11 nitrogen and oxygen atoms in total. The molecule has 0 spiro atoms. The fourth-order valence-electron chi connectivity index (χ4n) is 4.04. The molecule has 0 fully saturated rings. The van der Waals surface area contributed by atoms with Crippen molar-refractivity contribution in [2.75, 3.05) is 18.4 Å². The van der Waals surface area contributed by atoms with E-state index in [1.165, 1.54) is 6.20 Å². The third kappa shape index (κ3) is 8.87. The standard InChI is InChI=1S/C28H34N6O5/c29-14-6-13-24(33-25(35)17-22(30)27(37)38)26(36)34(15-7-10-19-8-2-1-3-9-19)28(39)32-21-16-20-11-4-5-12-23(20)31-18-21/h1-5,8-9,11-12,16,18,22,24H,6-7,10,13-15,17,29-30H2,(H,32,39)(H,33,35)(H,37,38)/t22-,24-/m0/s1. The summed E-state index contributed by atoms with van der Waals surface area (Å²) in [5, 5.41) is 15.1. The number of carbonyl (C=O) groups is 4. The Kier molecular flexibility index (Phi) is 10.9. The highest BCUT2D eigenvalue weighted by atomic mass is 16.4. The zero-order chi connectivity index (χ0) is 28.2. The number of carbonyl (C=O) groups excluding carboxylic acids is 3. The number of carboxylic acid groups (broad SMARTS) is 1. The molecule has 1 heterocycles. The van der Waals surface area contributed by atoms with E-state index in [-0.39, 0.29) is 19.5 Å². The van der Waals surface area contributed by atoms with Crippen molar-refractivity contribution in [1.82, 2.24) is 15.2 Å². The van der Waals surface area contributed by atoms with Gasteiger partial charge in [-0.15, -0.1) is 0 Å². The number of anilines is 1. The number of hydrogen-bond acceptors (Lipinski definition) is 7. The normalized spacial score (nSPS) is 12.4. The molecule has 0 saturated carbocycles. The number of rotatable bonds is 13. The number of nitrogens with one attached hydrogen (secondary N) is 2. The van der Waals surface area contributed by atoms with Crippen LogP contribution in [0.15, 0.2) is 66.9 Å². The fraction of sp³-hybridized carbons (Fsp3) is 0.321. The molecule has 0 bridgehead atoms. The Morgan fingerprint density at radius 3 is 2.44 bits per heavy atom. The highest BCUT2D eigenvalue weighted by molar-refractivity contribution is 6.04. The third-order valence-electron chi connectivity index (χ3n) is 6.10. The van der Waals surface area contributed by atoms with Crippen LogP contribution in [0.25, 0.3) is 10.9 Å². The molecular weight excluding hydrogens is 500 g/mol. The number of imide groups is 1. The van der Waals surface area contributed by atoms with Crippen molar-refractivity contribution in [3.05, 3.63) is 72.4 Å². The van der Waals surface area contributed by atoms with E-state index >= 15 is 0 Å². The van der Waals surface area contributed by atoms with Gasteiger partial charge in [-0.1, -0.05) is 48.5 Å². The van der Waals surface area contributed by atoms with Gasteiger partial charge in [0.25, 0.3) is 5.91 Å². The maximum Gasteiger partial charge on any atom is 0.328 e. The van der Waals surface area contributed by atoms with Crippen molar-refractivity contribution in [2.45, 2.75) is 44.2 Å². The van der Waals surface area contributed by atoms with E-state index in [1.54, 1.807) is 6.07 Å². The molecular formula is C28H34N6O5. The number of urea groups is 1. The van der Waals surface area contributed by atoms with Crippen molar-refractivity contribution in [3.8, 4) is 0 Å². The minimum absolute atomic E-state index is 0.0875. The molecule has 206 valence electrons. The van der Waals surface area contributed by atoms with Crippen molar-refractivity contribution in [2.24, 2.45) is 11.5 Å². The first kappa shape index (κ1) is 29.2. The highest BCUT2D eigenvalue weighted by Gasteiger charge is 2.30. The molecule has 2 aromatic carbocycles. The van der Waals surface area contributed by atoms with E-state index in [0.29, 0.717) is 24.9 Å². The van der Waals surface area contributed by atoms with Crippen molar-refractivity contribution in [1.29, 1.82) is 0 Å². The Labute approximate surface area is 226 Å². The van der Waals surface area contributed by atoms with Crippen LogP contribution in [0.4, 0.5) is 10.5 Å². The van der Waals surface area contributed by atoms with E-state index in [2.05, 4.69) is 15.6 Å². The Balaban J connectivity index is 1.79. The van der Waals surface area contributed by atoms with Gasteiger partial charge in [-0.2, -0.15) is 0 Å². The van der Waals surface area contributed by atoms with Crippen LogP contribution in [0.5, 0.6) is 0 Å². The molecule has 7 N–H and O–H groups in total. The smallest absolute Gasteiger partial charge is 0.328 e. The molecule has 3 aromatic rings. The number of fused-ring (bicyclic) bond motifs is 1. The quantitative estimate of drug-likeness (QED) is 0.221. The van der Waals surface area contributed by atoms with Crippen LogP contribution in [-0.2, 0) is 20.8 Å². The zero-order valence-corrected chi connectivity index (χ0v) is 21.6. The first-order valence-corrected chi connectivity index (χ1v) is 12.8. The number of carboxylic acids is 1. The molecule has 0 aliphatic rings. The molecule has 39 heavy (non-hydrogen) atoms. The summed E-state index contributed by atoms with van der Waals surface area (Å²) in [6.07, 6.45) is 2.68. The highest BCUT2D eigenvalue weighted by Crippen LogP contribution is 2.17. The summed E-state index contributed by atoms with van der Waals surface area (Å²) in [6.45, 7) is 0.349. The van der Waals surface area contributed by atoms with Crippen LogP contribution in [0.3, 0.4) is 0 Å². The summed E-state index contributed by atoms with van der Waals surface area (Å²) in [6, 6.07) is 15.7. The van der Waals surface area contributed by atoms with Crippen LogP contribution in [0, 0.1) is 0 Å². The zero-order valence-electron chi connectivity index (χ0n) is 21.6. The van der Waals surface area contributed by atoms with Crippen LogP contribution < -0.4 is 22.1 Å². The summed E-state index contributed by atoms with van der Waals surface area (Å²) in [4.78, 5) is 56.0. The van der Waals surface area contributed by atoms with Crippen molar-refractivity contribution < 1.29 is 24.3 Å². The maximum atomic E-state index is 13.6. The summed E-state index contributed by atoms with van der Waals surface area (Å²) in [5.41, 5.74) is 13.3. The molecule has 2 atom stereocenters. The van der Waals surface area contributed by atoms with Gasteiger partial charge in [-0.05, 0) is 49.9 Å². The number of nitrogens with two attached hydrogens (primary N) is 2. The largest absolute Gasteiger partial charge is 0.480 e. The second kappa shape index (κ2) is 14.6. The third-order valence-corrected chi connectivity index (χ3v) is 6.10. The molecule has 0 aliphatic heterocycles. The summed E-state index contributed by atoms with van der Waals surface area (Å²) < 4.78 is 0. The van der Waals surface area contributed by atoms with Gasteiger partial charge in [-0.3, -0.25) is 24.3 Å². The van der Waals surface area contributed by atoms with Crippen LogP contribution in [0.1, 0.15) is 31.2 Å². The lowest BCUT2D eigenvalue weighted by Gasteiger charge is -2.27. The number of amides is 4. The van der Waals surface area contributed by atoms with Gasteiger partial charge in [0.2, 0.25) is 5.91 Å². The van der Waals surface area contributed by atoms with E-state index in [4.69, 9.17) is 16.6 Å². The summed E-state index contributed by atoms with van der Waals surface area (Å²) in [5.74, 6) is -2.66. The number of para-hydroxylation sites is 1. The summed E-state index contributed by atoms with van der Waals surface area (Å²) >= 11 is 0. The van der Waals surface area contributed by atoms with Crippen molar-refractivity contribution >= 4 is 40.4 Å². The van der Waals surface area contributed by atoms with E-state index in [1.807, 2.05) is 54.6 Å². The van der Waals surface area contributed by atoms with Gasteiger partial charge >= 0.3 is 12.0 Å². The minimum atomic E-state index is -1.42. The number of aromatic nitrogens is 1. The Bertz CT molecular complexity index is 1290. The van der Waals surface area contributed by atoms with Crippen LogP contribution in [0.2, 0.25) is 0 Å². The number of pyridine rings is 1. The van der Waals surface area contributed by atoms with E-state index in [0.717, 1.165) is 21.4 Å². The van der Waals surface area contributed by atoms with Crippen LogP contribution >= 0.6 is 0 Å². The average Bonchev–Trinajstić information content (AvgIpc) is 2.93. The Hall–Kier alpha value is -4.35. The molecule has 11 heteroatoms. The summed E-state index contributed by atoms with van der Waals surface area (Å²) in [7, 11) is 0. The van der Waals surface area contributed by atoms with Gasteiger partial charge in [0.05, 0.1) is 23.8 Å². The number of hydrogen-bond donors (Lipinski definition) is 5. The minimum Gasteiger partial charge on any atom is -0.480 e. The van der Waals surface area contributed by atoms with Crippen LogP contribution in [-0.4, -0.2) is 64.0 Å². The second-order valence-corrected chi connectivity index (χ2v) is 9.13. The van der Waals surface area contributed by atoms with Gasteiger partial charge in [0.1, 0.15) is 12.1 Å². The van der Waals surface area contributed by atoms with E-state index in [9.17, 15) is 19.2 Å². The monoisotopic (exact) mass is 534 g/mol. The molecule has 0 unspecified atom stereocenters. The molecule has 1 aromatic heterocycles. The number of aryl methyl sites for hydroxylation is 1. The number of aliphatic carboxylic acids is 1. The van der Waals surface area contributed by atoms with E-state index < -0.39 is 42.3 Å². The molecule has 0 saturated heterocycles. The maximum absolute atomic E-state index is 13.6. The van der Waals surface area contributed by atoms with Gasteiger partial charge < -0.3 is 27.2 Å². The fourth-order valence-corrected chi connectivity index (χ4v) is 4.04. The molecule has 0 radical (unpaired) electrons. The molecule has 3 rings (SSSR count). The number of benzene rings is 2. The first-order chi connectivity index (χ1) is 18.8. The Morgan fingerprint density at radius 2 is 1.72 bits per heavy atom. The predicted molar refractivity (Wildman–Crippen MR) is 148 cm³/mol. The molecule has 0 aliphatic carbocycles. The SMILES string of the molecule is NCCC[C@H](NC(=O)C[C@H](N)C(=O)O)C(=O)N(CCCc1ccccc1)C(=O)Nc1cnc2ccccc2c1. The average molecular weight is 535 g/mol.